The molecular weight excluding hydrogens is 246 g/mol. The van der Waals surface area contributed by atoms with Crippen LogP contribution in [0.3, 0.4) is 0 Å². The molecule has 3 heteroatoms. The number of benzene rings is 2. The number of nitrogens with zero attached hydrogens (tertiary/aromatic N) is 3. The summed E-state index contributed by atoms with van der Waals surface area (Å²) in [5, 5.41) is 4.60. The van der Waals surface area contributed by atoms with Gasteiger partial charge in [0, 0.05) is 5.56 Å². The minimum atomic E-state index is 0.222. The lowest BCUT2D eigenvalue weighted by Gasteiger charge is -2.05. The third-order valence-corrected chi connectivity index (χ3v) is 3.59. The number of rotatable bonds is 3. The molecule has 100 valence electrons. The van der Waals surface area contributed by atoms with Gasteiger partial charge in [-0.05, 0) is 12.5 Å². The maximum Gasteiger partial charge on any atom is 0.197 e. The lowest BCUT2D eigenvalue weighted by molar-refractivity contribution is -0.767. The highest BCUT2D eigenvalue weighted by Crippen LogP contribution is 2.17. The van der Waals surface area contributed by atoms with Crippen LogP contribution >= 0.6 is 0 Å². The zero-order valence-electron chi connectivity index (χ0n) is 11.8. The summed E-state index contributed by atoms with van der Waals surface area (Å²) in [4.78, 5) is 0. The quantitative estimate of drug-likeness (QED) is 0.666. The molecule has 0 spiro atoms. The van der Waals surface area contributed by atoms with Gasteiger partial charge in [0.05, 0.1) is 5.21 Å². The fourth-order valence-electron chi connectivity index (χ4n) is 2.38. The van der Waals surface area contributed by atoms with E-state index in [4.69, 9.17) is 0 Å². The van der Waals surface area contributed by atoms with Gasteiger partial charge in [-0.1, -0.05) is 60.7 Å². The van der Waals surface area contributed by atoms with E-state index >= 15 is 0 Å². The summed E-state index contributed by atoms with van der Waals surface area (Å²) >= 11 is 0. The van der Waals surface area contributed by atoms with Crippen molar-refractivity contribution in [2.24, 2.45) is 7.05 Å². The minimum absolute atomic E-state index is 0.222. The molecule has 1 heterocycles. The molecule has 0 amide bonds. The molecule has 0 saturated carbocycles. The van der Waals surface area contributed by atoms with Gasteiger partial charge in [-0.3, -0.25) is 0 Å². The van der Waals surface area contributed by atoms with Crippen molar-refractivity contribution in [3.8, 4) is 11.3 Å². The van der Waals surface area contributed by atoms with Crippen LogP contribution in [0, 0.1) is 0 Å². The van der Waals surface area contributed by atoms with E-state index < -0.39 is 0 Å². The van der Waals surface area contributed by atoms with Gasteiger partial charge in [0.25, 0.3) is 0 Å². The summed E-state index contributed by atoms with van der Waals surface area (Å²) in [5.74, 6) is 0. The predicted octanol–water partition coefficient (Wildman–Crippen LogP) is 2.98. The third-order valence-electron chi connectivity index (χ3n) is 3.59. The normalized spacial score (nSPS) is 12.3. The van der Waals surface area contributed by atoms with Crippen LogP contribution in [0.25, 0.3) is 11.3 Å². The van der Waals surface area contributed by atoms with Crippen molar-refractivity contribution in [1.82, 2.24) is 9.90 Å². The van der Waals surface area contributed by atoms with Crippen molar-refractivity contribution in [3.63, 3.8) is 0 Å². The van der Waals surface area contributed by atoms with Gasteiger partial charge in [0.15, 0.2) is 11.9 Å². The fraction of sp³-hybridized carbons (Fsp3) is 0.176. The Hall–Kier alpha value is -2.42. The van der Waals surface area contributed by atoms with E-state index in [-0.39, 0.29) is 6.04 Å². The van der Waals surface area contributed by atoms with Crippen LogP contribution < -0.4 is 4.68 Å². The highest BCUT2D eigenvalue weighted by molar-refractivity contribution is 5.57. The molecule has 0 radical (unpaired) electrons. The van der Waals surface area contributed by atoms with E-state index in [2.05, 4.69) is 54.7 Å². The van der Waals surface area contributed by atoms with Gasteiger partial charge < -0.3 is 0 Å². The molecule has 1 aromatic heterocycles. The van der Waals surface area contributed by atoms with Gasteiger partial charge in [-0.25, -0.2) is 0 Å². The standard InChI is InChI=1S/C17H18N3/c1-14(15-9-5-3-6-10-15)20-13-17(19(2)18-20)16-11-7-4-8-12-16/h3-14H,1-2H3/q+1. The smallest absolute Gasteiger partial charge is 0.133 e. The summed E-state index contributed by atoms with van der Waals surface area (Å²) < 4.78 is 3.94. The van der Waals surface area contributed by atoms with Crippen LogP contribution in [-0.4, -0.2) is 9.90 Å². The second kappa shape index (κ2) is 5.29. The van der Waals surface area contributed by atoms with Crippen LogP contribution in [0.4, 0.5) is 0 Å². The maximum atomic E-state index is 4.60. The molecule has 0 aliphatic heterocycles. The third kappa shape index (κ3) is 2.35. The molecule has 20 heavy (non-hydrogen) atoms. The highest BCUT2D eigenvalue weighted by Gasteiger charge is 2.19. The molecule has 0 aliphatic carbocycles. The lowest BCUT2D eigenvalue weighted by atomic mass is 10.1. The molecule has 0 aliphatic rings. The Balaban J connectivity index is 1.97. The lowest BCUT2D eigenvalue weighted by Crippen LogP contribution is -2.40. The van der Waals surface area contributed by atoms with Gasteiger partial charge in [0.2, 0.25) is 0 Å². The number of aryl methyl sites for hydroxylation is 1. The second-order valence-corrected chi connectivity index (χ2v) is 4.96. The SMILES string of the molecule is CC(c1ccccc1)[n+]1cc(-c2ccccc2)n(C)n1. The van der Waals surface area contributed by atoms with Crippen molar-refractivity contribution in [1.29, 1.82) is 0 Å². The van der Waals surface area contributed by atoms with Crippen LogP contribution in [0.5, 0.6) is 0 Å². The monoisotopic (exact) mass is 264 g/mol. The van der Waals surface area contributed by atoms with Crippen molar-refractivity contribution < 1.29 is 4.68 Å². The first kappa shape index (κ1) is 12.6. The highest BCUT2D eigenvalue weighted by atomic mass is 15.5. The fourth-order valence-corrected chi connectivity index (χ4v) is 2.38. The average Bonchev–Trinajstić information content (AvgIpc) is 2.90. The van der Waals surface area contributed by atoms with Gasteiger partial charge >= 0.3 is 0 Å². The average molecular weight is 264 g/mol. The summed E-state index contributed by atoms with van der Waals surface area (Å²) in [7, 11) is 1.98. The Morgan fingerprint density at radius 2 is 1.55 bits per heavy atom. The predicted molar refractivity (Wildman–Crippen MR) is 79.1 cm³/mol. The Morgan fingerprint density at radius 3 is 2.20 bits per heavy atom. The molecular formula is C17H18N3+. The molecule has 2 aromatic carbocycles. The molecule has 1 atom stereocenters. The van der Waals surface area contributed by atoms with Crippen molar-refractivity contribution in [2.45, 2.75) is 13.0 Å². The second-order valence-electron chi connectivity index (χ2n) is 4.96. The van der Waals surface area contributed by atoms with Crippen LogP contribution in [0.2, 0.25) is 0 Å². The van der Waals surface area contributed by atoms with Crippen LogP contribution in [-0.2, 0) is 7.05 Å². The van der Waals surface area contributed by atoms with Gasteiger partial charge in [0.1, 0.15) is 13.1 Å². The van der Waals surface area contributed by atoms with Crippen molar-refractivity contribution >= 4 is 0 Å². The molecule has 1 unspecified atom stereocenters. The topological polar surface area (TPSA) is 21.7 Å². The Labute approximate surface area is 119 Å². The van der Waals surface area contributed by atoms with E-state index in [0.29, 0.717) is 0 Å². The first-order valence-corrected chi connectivity index (χ1v) is 6.81. The minimum Gasteiger partial charge on any atom is -0.133 e. The van der Waals surface area contributed by atoms with E-state index in [1.54, 1.807) is 0 Å². The summed E-state index contributed by atoms with van der Waals surface area (Å²) in [6.45, 7) is 2.16. The van der Waals surface area contributed by atoms with Gasteiger partial charge in [-0.2, -0.15) is 0 Å². The number of hydrogen-bond donors (Lipinski definition) is 0. The molecule has 3 rings (SSSR count). The number of hydrogen-bond acceptors (Lipinski definition) is 1. The van der Waals surface area contributed by atoms with Gasteiger partial charge in [-0.15, -0.1) is 9.36 Å². The van der Waals surface area contributed by atoms with E-state index in [1.165, 1.54) is 11.1 Å². The Morgan fingerprint density at radius 1 is 0.950 bits per heavy atom. The Kier molecular flexibility index (Phi) is 3.33. The number of aromatic nitrogens is 3. The molecule has 0 N–H and O–H groups in total. The molecule has 3 nitrogen and oxygen atoms in total. The van der Waals surface area contributed by atoms with E-state index in [0.717, 1.165) is 5.69 Å². The first-order valence-electron chi connectivity index (χ1n) is 6.81. The zero-order chi connectivity index (χ0) is 13.9. The molecule has 3 aromatic rings. The zero-order valence-corrected chi connectivity index (χ0v) is 11.8. The largest absolute Gasteiger partial charge is 0.197 e. The van der Waals surface area contributed by atoms with Crippen LogP contribution in [0.1, 0.15) is 18.5 Å². The molecule has 0 saturated heterocycles. The summed E-state index contributed by atoms with van der Waals surface area (Å²) in [6, 6.07) is 21.0. The summed E-state index contributed by atoms with van der Waals surface area (Å²) in [5.41, 5.74) is 3.56. The van der Waals surface area contributed by atoms with E-state index in [1.807, 2.05) is 40.7 Å². The molecule has 0 bridgehead atoms. The summed E-state index contributed by atoms with van der Waals surface area (Å²) in [6.07, 6.45) is 2.10. The first-order chi connectivity index (χ1) is 9.75. The van der Waals surface area contributed by atoms with E-state index in [9.17, 15) is 0 Å². The Bertz CT molecular complexity index is 687. The van der Waals surface area contributed by atoms with Crippen LogP contribution in [0.15, 0.2) is 66.9 Å². The molecule has 0 fully saturated rings. The van der Waals surface area contributed by atoms with Crippen molar-refractivity contribution in [2.75, 3.05) is 0 Å². The van der Waals surface area contributed by atoms with Crippen molar-refractivity contribution in [3.05, 3.63) is 72.4 Å². The maximum absolute atomic E-state index is 4.60.